The number of rotatable bonds is 6. The highest BCUT2D eigenvalue weighted by atomic mass is 35.5. The van der Waals surface area contributed by atoms with Gasteiger partial charge in [-0.3, -0.25) is 9.80 Å². The lowest BCUT2D eigenvalue weighted by molar-refractivity contribution is -0.134. The summed E-state index contributed by atoms with van der Waals surface area (Å²) in [6.07, 6.45) is 1.82. The Labute approximate surface area is 227 Å². The van der Waals surface area contributed by atoms with E-state index in [-0.39, 0.29) is 36.3 Å². The molecule has 196 valence electrons. The molecule has 3 aromatic rings. The molecular formula is C26H28Cl2N4O4S. The minimum absolute atomic E-state index is 0. The largest absolute Gasteiger partial charge is 0.378 e. The summed E-state index contributed by atoms with van der Waals surface area (Å²) in [4.78, 5) is 14.7. The highest BCUT2D eigenvalue weighted by molar-refractivity contribution is 7.89. The summed E-state index contributed by atoms with van der Waals surface area (Å²) in [5, 5.41) is 8.70. The Morgan fingerprint density at radius 1 is 0.919 bits per heavy atom. The van der Waals surface area contributed by atoms with E-state index in [9.17, 15) is 13.2 Å². The number of hydrogen-bond donors (Lipinski definition) is 0. The standard InChI is InChI=1S/C26H27ClN4O4S.ClH/c27-24-7-5-23-16-25(8-6-22(23)15-24)36(33,34)31-10-9-29(26(32)19-31)18-21-3-1-20(2-4-21)17-28-30-11-13-35-14-12-30;/h1-8,15-17H,9-14,18-19H2;1H/b28-17+;. The number of benzene rings is 3. The van der Waals surface area contributed by atoms with Gasteiger partial charge < -0.3 is 9.64 Å². The summed E-state index contributed by atoms with van der Waals surface area (Å²) in [5.41, 5.74) is 1.96. The van der Waals surface area contributed by atoms with E-state index in [4.69, 9.17) is 16.3 Å². The van der Waals surface area contributed by atoms with Crippen molar-refractivity contribution < 1.29 is 17.9 Å². The normalized spacial score (nSPS) is 17.4. The average molecular weight is 564 g/mol. The molecule has 8 nitrogen and oxygen atoms in total. The van der Waals surface area contributed by atoms with Gasteiger partial charge in [0, 0.05) is 24.7 Å². The minimum Gasteiger partial charge on any atom is -0.378 e. The zero-order valence-electron chi connectivity index (χ0n) is 20.1. The van der Waals surface area contributed by atoms with E-state index in [1.165, 1.54) is 4.31 Å². The van der Waals surface area contributed by atoms with Crippen LogP contribution in [-0.2, 0) is 26.1 Å². The third-order valence-electron chi connectivity index (χ3n) is 6.41. The first-order valence-electron chi connectivity index (χ1n) is 11.8. The number of halogens is 2. The molecule has 0 atom stereocenters. The Balaban J connectivity index is 0.00000320. The van der Waals surface area contributed by atoms with E-state index in [1.54, 1.807) is 41.3 Å². The van der Waals surface area contributed by atoms with Gasteiger partial charge in [0.15, 0.2) is 0 Å². The quantitative estimate of drug-likeness (QED) is 0.428. The molecule has 0 N–H and O–H groups in total. The van der Waals surface area contributed by atoms with Gasteiger partial charge in [0.2, 0.25) is 15.9 Å². The van der Waals surface area contributed by atoms with Crippen LogP contribution < -0.4 is 0 Å². The molecule has 0 radical (unpaired) electrons. The van der Waals surface area contributed by atoms with E-state index in [2.05, 4.69) is 5.10 Å². The van der Waals surface area contributed by atoms with Gasteiger partial charge in [0.25, 0.3) is 0 Å². The number of ether oxygens (including phenoxy) is 1. The number of nitrogens with zero attached hydrogens (tertiary/aromatic N) is 4. The van der Waals surface area contributed by atoms with Gasteiger partial charge in [0.1, 0.15) is 0 Å². The number of hydrogen-bond acceptors (Lipinski definition) is 6. The number of fused-ring (bicyclic) bond motifs is 1. The van der Waals surface area contributed by atoms with Crippen molar-refractivity contribution in [1.29, 1.82) is 0 Å². The summed E-state index contributed by atoms with van der Waals surface area (Å²) in [6, 6.07) is 18.1. The molecule has 2 aliphatic heterocycles. The summed E-state index contributed by atoms with van der Waals surface area (Å²) in [6.45, 7) is 3.79. The predicted molar refractivity (Wildman–Crippen MR) is 147 cm³/mol. The molecule has 2 fully saturated rings. The lowest BCUT2D eigenvalue weighted by Gasteiger charge is -2.33. The predicted octanol–water partition coefficient (Wildman–Crippen LogP) is 3.61. The highest BCUT2D eigenvalue weighted by Gasteiger charge is 2.33. The molecule has 0 bridgehead atoms. The molecular weight excluding hydrogens is 535 g/mol. The van der Waals surface area contributed by atoms with Crippen LogP contribution in [0.3, 0.4) is 0 Å². The van der Waals surface area contributed by atoms with Crippen molar-refractivity contribution in [2.75, 3.05) is 45.9 Å². The first-order chi connectivity index (χ1) is 17.4. The lowest BCUT2D eigenvalue weighted by atomic mass is 10.1. The first kappa shape index (κ1) is 27.3. The van der Waals surface area contributed by atoms with E-state index in [0.717, 1.165) is 35.0 Å². The van der Waals surface area contributed by atoms with Gasteiger partial charge in [-0.1, -0.05) is 48.0 Å². The van der Waals surface area contributed by atoms with Crippen molar-refractivity contribution in [2.45, 2.75) is 11.4 Å². The van der Waals surface area contributed by atoms with Crippen LogP contribution in [0, 0.1) is 0 Å². The molecule has 2 heterocycles. The van der Waals surface area contributed by atoms with Gasteiger partial charge in [-0.2, -0.15) is 9.41 Å². The van der Waals surface area contributed by atoms with Crippen LogP contribution in [0.25, 0.3) is 10.8 Å². The molecule has 0 aromatic heterocycles. The molecule has 1 amide bonds. The van der Waals surface area contributed by atoms with Gasteiger partial charge in [0.05, 0.1) is 44.0 Å². The highest BCUT2D eigenvalue weighted by Crippen LogP contribution is 2.25. The molecule has 0 unspecified atom stereocenters. The number of piperazine rings is 1. The average Bonchev–Trinajstić information content (AvgIpc) is 2.89. The Hall–Kier alpha value is -2.69. The van der Waals surface area contributed by atoms with Gasteiger partial charge in [-0.25, -0.2) is 8.42 Å². The van der Waals surface area contributed by atoms with Crippen molar-refractivity contribution in [2.24, 2.45) is 5.10 Å². The van der Waals surface area contributed by atoms with Crippen molar-refractivity contribution in [3.8, 4) is 0 Å². The maximum absolute atomic E-state index is 13.2. The summed E-state index contributed by atoms with van der Waals surface area (Å²) < 4.78 is 33.0. The molecule has 0 saturated carbocycles. The molecule has 2 saturated heterocycles. The number of hydrazone groups is 1. The topological polar surface area (TPSA) is 82.5 Å². The molecule has 2 aliphatic rings. The minimum atomic E-state index is -3.79. The first-order valence-corrected chi connectivity index (χ1v) is 13.6. The van der Waals surface area contributed by atoms with Gasteiger partial charge >= 0.3 is 0 Å². The van der Waals surface area contributed by atoms with Crippen LogP contribution in [0.4, 0.5) is 0 Å². The summed E-state index contributed by atoms with van der Waals surface area (Å²) in [5.74, 6) is -0.213. The zero-order valence-corrected chi connectivity index (χ0v) is 22.5. The van der Waals surface area contributed by atoms with Crippen LogP contribution in [0.15, 0.2) is 70.7 Å². The Morgan fingerprint density at radius 3 is 2.35 bits per heavy atom. The monoisotopic (exact) mass is 562 g/mol. The van der Waals surface area contributed by atoms with Crippen LogP contribution in [-0.4, -0.2) is 80.7 Å². The smallest absolute Gasteiger partial charge is 0.243 e. The SMILES string of the molecule is Cl.O=C1CN(S(=O)(=O)c2ccc3cc(Cl)ccc3c2)CCN1Cc1ccc(/C=N/N2CCOCC2)cc1. The Morgan fingerprint density at radius 2 is 1.62 bits per heavy atom. The molecule has 3 aromatic carbocycles. The summed E-state index contributed by atoms with van der Waals surface area (Å²) in [7, 11) is -3.79. The van der Waals surface area contributed by atoms with Crippen molar-refractivity contribution >= 4 is 56.9 Å². The molecule has 11 heteroatoms. The third-order valence-corrected chi connectivity index (χ3v) is 8.48. The van der Waals surface area contributed by atoms with Gasteiger partial charge in [-0.05, 0) is 46.2 Å². The van der Waals surface area contributed by atoms with Crippen LogP contribution in [0.1, 0.15) is 11.1 Å². The number of carbonyl (C=O) groups is 1. The number of amides is 1. The van der Waals surface area contributed by atoms with E-state index >= 15 is 0 Å². The molecule has 37 heavy (non-hydrogen) atoms. The molecule has 0 spiro atoms. The van der Waals surface area contributed by atoms with Crippen molar-refractivity contribution in [3.63, 3.8) is 0 Å². The Kier molecular flexibility index (Phi) is 8.71. The van der Waals surface area contributed by atoms with E-state index in [1.807, 2.05) is 35.5 Å². The van der Waals surface area contributed by atoms with Crippen LogP contribution >= 0.6 is 24.0 Å². The second-order valence-electron chi connectivity index (χ2n) is 8.86. The lowest BCUT2D eigenvalue weighted by Crippen LogP contribution is -2.51. The maximum atomic E-state index is 13.2. The van der Waals surface area contributed by atoms with Gasteiger partial charge in [-0.15, -0.1) is 12.4 Å². The fraction of sp³-hybridized carbons (Fsp3) is 0.308. The van der Waals surface area contributed by atoms with Crippen molar-refractivity contribution in [3.05, 3.63) is 76.8 Å². The second kappa shape index (κ2) is 11.8. The third kappa shape index (κ3) is 6.42. The van der Waals surface area contributed by atoms with E-state index in [0.29, 0.717) is 31.3 Å². The number of sulfonamides is 1. The van der Waals surface area contributed by atoms with E-state index < -0.39 is 10.0 Å². The maximum Gasteiger partial charge on any atom is 0.243 e. The molecule has 5 rings (SSSR count). The van der Waals surface area contributed by atoms with Crippen LogP contribution in [0.2, 0.25) is 5.02 Å². The number of morpholine rings is 1. The molecule has 0 aliphatic carbocycles. The summed E-state index contributed by atoms with van der Waals surface area (Å²) >= 11 is 6.03. The zero-order chi connectivity index (χ0) is 25.1. The van der Waals surface area contributed by atoms with Crippen LogP contribution in [0.5, 0.6) is 0 Å². The number of carbonyl (C=O) groups excluding carboxylic acids is 1. The Bertz CT molecular complexity index is 1390. The second-order valence-corrected chi connectivity index (χ2v) is 11.2. The fourth-order valence-electron chi connectivity index (χ4n) is 4.31. The van der Waals surface area contributed by atoms with Crippen molar-refractivity contribution in [1.82, 2.24) is 14.2 Å². The fourth-order valence-corrected chi connectivity index (χ4v) is 5.91.